The molecule has 0 fully saturated rings. The van der Waals surface area contributed by atoms with Crippen molar-refractivity contribution < 1.29 is 14.3 Å². The van der Waals surface area contributed by atoms with Crippen LogP contribution in [0, 0.1) is 0 Å². The van der Waals surface area contributed by atoms with Crippen LogP contribution in [0.4, 0.5) is 0 Å². The van der Waals surface area contributed by atoms with E-state index >= 15 is 0 Å². The van der Waals surface area contributed by atoms with Gasteiger partial charge in [0.15, 0.2) is 11.6 Å². The van der Waals surface area contributed by atoms with Crippen molar-refractivity contribution in [2.45, 2.75) is 0 Å². The smallest absolute Gasteiger partial charge is 0.199 e. The Morgan fingerprint density at radius 1 is 0.667 bits per heavy atom. The lowest BCUT2D eigenvalue weighted by molar-refractivity contribution is 0.0977. The van der Waals surface area contributed by atoms with E-state index in [1.807, 2.05) is 18.2 Å². The van der Waals surface area contributed by atoms with Crippen LogP contribution >= 0.6 is 11.6 Å². The normalized spacial score (nSPS) is 12.5. The summed E-state index contributed by atoms with van der Waals surface area (Å²) in [6, 6.07) is 19.0. The first-order valence-corrected chi connectivity index (χ1v) is 7.78. The molecule has 0 heterocycles. The fourth-order valence-corrected chi connectivity index (χ4v) is 3.13. The number of carbonyl (C=O) groups excluding carboxylic acids is 2. The molecular formula is C20H11ClO3. The Balaban J connectivity index is 1.89. The van der Waals surface area contributed by atoms with Gasteiger partial charge in [-0.1, -0.05) is 54.1 Å². The van der Waals surface area contributed by atoms with Crippen LogP contribution in [0.5, 0.6) is 11.5 Å². The van der Waals surface area contributed by atoms with Gasteiger partial charge in [-0.2, -0.15) is 0 Å². The van der Waals surface area contributed by atoms with Gasteiger partial charge < -0.3 is 4.74 Å². The number of rotatable bonds is 2. The number of hydrogen-bond donors (Lipinski definition) is 0. The van der Waals surface area contributed by atoms with Crippen molar-refractivity contribution in [2.75, 3.05) is 0 Å². The predicted octanol–water partition coefficient (Wildman–Crippen LogP) is 4.91. The Hall–Kier alpha value is -2.91. The van der Waals surface area contributed by atoms with Crippen molar-refractivity contribution >= 4 is 23.2 Å². The zero-order valence-electron chi connectivity index (χ0n) is 12.5. The summed E-state index contributed by atoms with van der Waals surface area (Å²) in [4.78, 5) is 25.7. The standard InChI is InChI=1S/C20H11ClO3/c21-15-10-4-8-13-17(15)20(23)18-14(19(13)22)9-5-11-16(18)24-12-6-2-1-3-7-12/h1-11H. The van der Waals surface area contributed by atoms with E-state index in [1.54, 1.807) is 48.5 Å². The summed E-state index contributed by atoms with van der Waals surface area (Å²) in [7, 11) is 0. The predicted molar refractivity (Wildman–Crippen MR) is 91.3 cm³/mol. The summed E-state index contributed by atoms with van der Waals surface area (Å²) in [5.74, 6) is 0.427. The molecule has 0 N–H and O–H groups in total. The zero-order chi connectivity index (χ0) is 16.7. The number of benzene rings is 3. The minimum Gasteiger partial charge on any atom is -0.457 e. The molecule has 3 nitrogen and oxygen atoms in total. The van der Waals surface area contributed by atoms with Crippen molar-refractivity contribution in [1.82, 2.24) is 0 Å². The van der Waals surface area contributed by atoms with Crippen LogP contribution in [0.25, 0.3) is 0 Å². The van der Waals surface area contributed by atoms with E-state index in [-0.39, 0.29) is 27.7 Å². The van der Waals surface area contributed by atoms with Gasteiger partial charge in [-0.15, -0.1) is 0 Å². The zero-order valence-corrected chi connectivity index (χ0v) is 13.2. The molecule has 4 rings (SSSR count). The molecule has 0 amide bonds. The van der Waals surface area contributed by atoms with Gasteiger partial charge in [-0.25, -0.2) is 0 Å². The second-order valence-electron chi connectivity index (χ2n) is 5.41. The van der Waals surface area contributed by atoms with Crippen molar-refractivity contribution in [2.24, 2.45) is 0 Å². The molecule has 0 atom stereocenters. The molecule has 3 aromatic carbocycles. The van der Waals surface area contributed by atoms with Crippen molar-refractivity contribution in [3.63, 3.8) is 0 Å². The second-order valence-corrected chi connectivity index (χ2v) is 5.82. The molecule has 1 aliphatic carbocycles. The second kappa shape index (κ2) is 5.62. The van der Waals surface area contributed by atoms with Crippen LogP contribution in [-0.4, -0.2) is 11.6 Å². The Labute approximate surface area is 143 Å². The summed E-state index contributed by atoms with van der Waals surface area (Å²) in [6.45, 7) is 0. The topological polar surface area (TPSA) is 43.4 Å². The van der Waals surface area contributed by atoms with E-state index in [0.29, 0.717) is 22.6 Å². The lowest BCUT2D eigenvalue weighted by Crippen LogP contribution is -2.22. The highest BCUT2D eigenvalue weighted by atomic mass is 35.5. The third kappa shape index (κ3) is 2.22. The van der Waals surface area contributed by atoms with E-state index in [4.69, 9.17) is 16.3 Å². The van der Waals surface area contributed by atoms with Gasteiger partial charge in [0.1, 0.15) is 11.5 Å². The average Bonchev–Trinajstić information content (AvgIpc) is 2.60. The number of carbonyl (C=O) groups is 2. The lowest BCUT2D eigenvalue weighted by Gasteiger charge is -2.20. The molecule has 0 aromatic heterocycles. The highest BCUT2D eigenvalue weighted by Crippen LogP contribution is 2.37. The summed E-state index contributed by atoms with van der Waals surface area (Å²) in [5, 5.41) is 0.269. The Bertz CT molecular complexity index is 977. The number of halogens is 1. The van der Waals surface area contributed by atoms with E-state index in [9.17, 15) is 9.59 Å². The van der Waals surface area contributed by atoms with Crippen LogP contribution in [0.3, 0.4) is 0 Å². The molecule has 0 aliphatic heterocycles. The molecule has 24 heavy (non-hydrogen) atoms. The van der Waals surface area contributed by atoms with Gasteiger partial charge in [0.05, 0.1) is 16.1 Å². The number of fused-ring (bicyclic) bond motifs is 2. The Kier molecular flexibility index (Phi) is 3.44. The first kappa shape index (κ1) is 14.7. The quantitative estimate of drug-likeness (QED) is 0.523. The Morgan fingerprint density at radius 2 is 1.33 bits per heavy atom. The maximum absolute atomic E-state index is 13.0. The minimum absolute atomic E-state index is 0.222. The molecule has 0 unspecified atom stereocenters. The van der Waals surface area contributed by atoms with Crippen LogP contribution < -0.4 is 4.74 Å². The van der Waals surface area contributed by atoms with Gasteiger partial charge >= 0.3 is 0 Å². The van der Waals surface area contributed by atoms with E-state index < -0.39 is 0 Å². The van der Waals surface area contributed by atoms with Crippen LogP contribution in [-0.2, 0) is 0 Å². The van der Waals surface area contributed by atoms with Gasteiger partial charge in [-0.05, 0) is 24.3 Å². The van der Waals surface area contributed by atoms with E-state index in [1.165, 1.54) is 0 Å². The largest absolute Gasteiger partial charge is 0.457 e. The van der Waals surface area contributed by atoms with Gasteiger partial charge in [-0.3, -0.25) is 9.59 Å². The van der Waals surface area contributed by atoms with E-state index in [0.717, 1.165) is 0 Å². The van der Waals surface area contributed by atoms with Crippen LogP contribution in [0.15, 0.2) is 66.7 Å². The maximum atomic E-state index is 13.0. The summed E-state index contributed by atoms with van der Waals surface area (Å²) in [5.41, 5.74) is 1.16. The SMILES string of the molecule is O=C1c2cccc(Cl)c2C(=O)c2c(Oc3ccccc3)cccc21. The van der Waals surface area contributed by atoms with Crippen LogP contribution in [0.2, 0.25) is 5.02 Å². The molecule has 0 bridgehead atoms. The maximum Gasteiger partial charge on any atom is 0.199 e. The molecule has 3 aromatic rings. The van der Waals surface area contributed by atoms with Gasteiger partial charge in [0.2, 0.25) is 0 Å². The minimum atomic E-state index is -0.295. The highest BCUT2D eigenvalue weighted by Gasteiger charge is 2.33. The molecule has 0 radical (unpaired) electrons. The number of para-hydroxylation sites is 1. The number of ketones is 2. The molecule has 116 valence electrons. The fourth-order valence-electron chi connectivity index (χ4n) is 2.87. The van der Waals surface area contributed by atoms with Crippen molar-refractivity contribution in [1.29, 1.82) is 0 Å². The molecule has 0 spiro atoms. The molecule has 1 aliphatic rings. The summed E-state index contributed by atoms with van der Waals surface area (Å²) < 4.78 is 5.83. The van der Waals surface area contributed by atoms with Gasteiger partial charge in [0, 0.05) is 11.1 Å². The Morgan fingerprint density at radius 3 is 2.08 bits per heavy atom. The molecule has 4 heteroatoms. The lowest BCUT2D eigenvalue weighted by atomic mass is 9.83. The molecule has 0 saturated heterocycles. The highest BCUT2D eigenvalue weighted by molar-refractivity contribution is 6.39. The van der Waals surface area contributed by atoms with Crippen molar-refractivity contribution in [3.8, 4) is 11.5 Å². The van der Waals surface area contributed by atoms with Crippen molar-refractivity contribution in [3.05, 3.63) is 94.0 Å². The first-order valence-electron chi connectivity index (χ1n) is 7.40. The summed E-state index contributed by atoms with van der Waals surface area (Å²) >= 11 is 6.17. The molecule has 0 saturated carbocycles. The third-order valence-electron chi connectivity index (χ3n) is 3.95. The first-order chi connectivity index (χ1) is 11.7. The van der Waals surface area contributed by atoms with E-state index in [2.05, 4.69) is 0 Å². The number of ether oxygens (including phenoxy) is 1. The summed E-state index contributed by atoms with van der Waals surface area (Å²) in [6.07, 6.45) is 0. The van der Waals surface area contributed by atoms with Gasteiger partial charge in [0.25, 0.3) is 0 Å². The average molecular weight is 335 g/mol. The number of hydrogen-bond acceptors (Lipinski definition) is 3. The fraction of sp³-hybridized carbons (Fsp3) is 0. The monoisotopic (exact) mass is 334 g/mol. The van der Waals surface area contributed by atoms with Crippen LogP contribution in [0.1, 0.15) is 31.8 Å². The molecular weight excluding hydrogens is 324 g/mol. The third-order valence-corrected chi connectivity index (χ3v) is 4.27.